The predicted molar refractivity (Wildman–Crippen MR) is 73.6 cm³/mol. The number of carboxylic acids is 1. The number of nitrogens with one attached hydrogen (secondary N) is 1. The van der Waals surface area contributed by atoms with Crippen LogP contribution in [0, 0.1) is 0 Å². The topological polar surface area (TPSA) is 91.8 Å². The number of nitrogens with zero attached hydrogens (tertiary/aromatic N) is 2. The van der Waals surface area contributed by atoms with E-state index >= 15 is 0 Å². The first-order chi connectivity index (χ1) is 9.61. The van der Waals surface area contributed by atoms with E-state index in [1.54, 1.807) is 18.3 Å². The van der Waals surface area contributed by atoms with Crippen LogP contribution in [0.25, 0.3) is 0 Å². The molecule has 8 heteroatoms. The monoisotopic (exact) mass is 297 g/mol. The maximum Gasteiger partial charge on any atom is 0.327 e. The Morgan fingerprint density at radius 1 is 1.60 bits per heavy atom. The SMILES string of the molecule is COc1ccc(CNC(=O)N2CSCC2C(=O)O)cn1. The van der Waals surface area contributed by atoms with Crippen LogP contribution in [0.5, 0.6) is 5.88 Å². The van der Waals surface area contributed by atoms with Gasteiger partial charge in [0.05, 0.1) is 13.0 Å². The molecule has 0 aliphatic carbocycles. The van der Waals surface area contributed by atoms with Gasteiger partial charge in [-0.1, -0.05) is 6.07 Å². The molecule has 1 fully saturated rings. The van der Waals surface area contributed by atoms with E-state index in [4.69, 9.17) is 9.84 Å². The number of carboxylic acid groups (broad SMARTS) is 1. The maximum absolute atomic E-state index is 11.9. The van der Waals surface area contributed by atoms with Crippen molar-refractivity contribution in [3.05, 3.63) is 23.9 Å². The summed E-state index contributed by atoms with van der Waals surface area (Å²) < 4.78 is 4.94. The molecule has 0 aromatic carbocycles. The average molecular weight is 297 g/mol. The molecule has 2 rings (SSSR count). The normalized spacial score (nSPS) is 17.9. The van der Waals surface area contributed by atoms with Gasteiger partial charge in [-0.25, -0.2) is 14.6 Å². The first kappa shape index (κ1) is 14.4. The van der Waals surface area contributed by atoms with Crippen molar-refractivity contribution >= 4 is 23.8 Å². The summed E-state index contributed by atoms with van der Waals surface area (Å²) in [7, 11) is 1.53. The first-order valence-corrected chi connectivity index (χ1v) is 7.11. The van der Waals surface area contributed by atoms with Crippen molar-refractivity contribution in [2.24, 2.45) is 0 Å². The van der Waals surface area contributed by atoms with Gasteiger partial charge in [0.25, 0.3) is 0 Å². The van der Waals surface area contributed by atoms with Gasteiger partial charge < -0.3 is 20.1 Å². The smallest absolute Gasteiger partial charge is 0.327 e. The summed E-state index contributed by atoms with van der Waals surface area (Å²) in [5.74, 6) is 0.342. The number of hydrogen-bond donors (Lipinski definition) is 2. The number of rotatable bonds is 4. The second kappa shape index (κ2) is 6.47. The predicted octanol–water partition coefficient (Wildman–Crippen LogP) is 0.759. The van der Waals surface area contributed by atoms with Gasteiger partial charge >= 0.3 is 12.0 Å². The molecule has 1 aliphatic rings. The van der Waals surface area contributed by atoms with Crippen LogP contribution in [-0.2, 0) is 11.3 Å². The van der Waals surface area contributed by atoms with Crippen LogP contribution in [0.1, 0.15) is 5.56 Å². The Morgan fingerprint density at radius 3 is 3.00 bits per heavy atom. The Bertz CT molecular complexity index is 494. The van der Waals surface area contributed by atoms with Crippen LogP contribution in [-0.4, -0.2) is 51.8 Å². The molecule has 1 unspecified atom stereocenters. The molecular weight excluding hydrogens is 282 g/mol. The summed E-state index contributed by atoms with van der Waals surface area (Å²) in [6.07, 6.45) is 1.60. The minimum absolute atomic E-state index is 0.295. The Kier molecular flexibility index (Phi) is 4.67. The molecule has 108 valence electrons. The Hall–Kier alpha value is -1.96. The number of carbonyl (C=O) groups excluding carboxylic acids is 1. The second-order valence-corrected chi connectivity index (χ2v) is 5.19. The minimum atomic E-state index is -0.976. The van der Waals surface area contributed by atoms with E-state index in [0.29, 0.717) is 24.1 Å². The molecule has 2 heterocycles. The van der Waals surface area contributed by atoms with E-state index < -0.39 is 12.0 Å². The number of amides is 2. The Balaban J connectivity index is 1.89. The van der Waals surface area contributed by atoms with Crippen molar-refractivity contribution in [1.29, 1.82) is 0 Å². The standard InChI is InChI=1S/C12H15N3O4S/c1-19-10-3-2-8(4-13-10)5-14-12(18)15-7-20-6-9(15)11(16)17/h2-4,9H,5-7H2,1H3,(H,14,18)(H,16,17). The highest BCUT2D eigenvalue weighted by atomic mass is 32.2. The van der Waals surface area contributed by atoms with Crippen LogP contribution >= 0.6 is 11.8 Å². The van der Waals surface area contributed by atoms with E-state index in [1.807, 2.05) is 0 Å². The molecule has 0 radical (unpaired) electrons. The number of aliphatic carboxylic acids is 1. The van der Waals surface area contributed by atoms with Gasteiger partial charge in [0.2, 0.25) is 5.88 Å². The van der Waals surface area contributed by atoms with Gasteiger partial charge in [-0.15, -0.1) is 11.8 Å². The van der Waals surface area contributed by atoms with Crippen molar-refractivity contribution in [3.8, 4) is 5.88 Å². The molecule has 0 saturated carbocycles. The number of thioether (sulfide) groups is 1. The molecule has 1 aliphatic heterocycles. The maximum atomic E-state index is 11.9. The highest BCUT2D eigenvalue weighted by Gasteiger charge is 2.34. The lowest BCUT2D eigenvalue weighted by atomic mass is 10.3. The van der Waals surface area contributed by atoms with E-state index in [1.165, 1.54) is 23.8 Å². The highest BCUT2D eigenvalue weighted by molar-refractivity contribution is 7.99. The van der Waals surface area contributed by atoms with Crippen LogP contribution in [0.3, 0.4) is 0 Å². The molecule has 7 nitrogen and oxygen atoms in total. The fraction of sp³-hybridized carbons (Fsp3) is 0.417. The number of ether oxygens (including phenoxy) is 1. The van der Waals surface area contributed by atoms with E-state index in [9.17, 15) is 9.59 Å². The third kappa shape index (κ3) is 3.32. The highest BCUT2D eigenvalue weighted by Crippen LogP contribution is 2.21. The molecule has 2 amide bonds. The molecular formula is C12H15N3O4S. The zero-order valence-electron chi connectivity index (χ0n) is 10.9. The summed E-state index contributed by atoms with van der Waals surface area (Å²) >= 11 is 1.43. The summed E-state index contributed by atoms with van der Waals surface area (Å²) in [5.41, 5.74) is 0.817. The van der Waals surface area contributed by atoms with Crippen molar-refractivity contribution < 1.29 is 19.4 Å². The molecule has 0 spiro atoms. The summed E-state index contributed by atoms with van der Waals surface area (Å²) in [6, 6.07) is 2.36. The third-order valence-corrected chi connectivity index (χ3v) is 3.89. The first-order valence-electron chi connectivity index (χ1n) is 5.95. The van der Waals surface area contributed by atoms with Crippen molar-refractivity contribution in [1.82, 2.24) is 15.2 Å². The molecule has 1 aromatic heterocycles. The van der Waals surface area contributed by atoms with Gasteiger partial charge in [0, 0.05) is 24.6 Å². The van der Waals surface area contributed by atoms with Crippen LogP contribution in [0.2, 0.25) is 0 Å². The molecule has 20 heavy (non-hydrogen) atoms. The van der Waals surface area contributed by atoms with Gasteiger partial charge in [-0.3, -0.25) is 0 Å². The van der Waals surface area contributed by atoms with Gasteiger partial charge in [0.15, 0.2) is 0 Å². The lowest BCUT2D eigenvalue weighted by molar-refractivity contribution is -0.140. The van der Waals surface area contributed by atoms with Gasteiger partial charge in [-0.05, 0) is 5.56 Å². The lowest BCUT2D eigenvalue weighted by Crippen LogP contribution is -2.46. The molecule has 2 N–H and O–H groups in total. The largest absolute Gasteiger partial charge is 0.481 e. The molecule has 1 aromatic rings. The Morgan fingerprint density at radius 2 is 2.40 bits per heavy atom. The fourth-order valence-corrected chi connectivity index (χ4v) is 2.91. The van der Waals surface area contributed by atoms with Crippen molar-refractivity contribution in [2.75, 3.05) is 18.7 Å². The molecule has 1 atom stereocenters. The van der Waals surface area contributed by atoms with Gasteiger partial charge in [0.1, 0.15) is 6.04 Å². The minimum Gasteiger partial charge on any atom is -0.481 e. The number of urea groups is 1. The summed E-state index contributed by atoms with van der Waals surface area (Å²) in [4.78, 5) is 28.3. The number of hydrogen-bond acceptors (Lipinski definition) is 5. The lowest BCUT2D eigenvalue weighted by Gasteiger charge is -2.20. The zero-order valence-corrected chi connectivity index (χ0v) is 11.7. The third-order valence-electron chi connectivity index (χ3n) is 2.88. The number of aromatic nitrogens is 1. The average Bonchev–Trinajstić information content (AvgIpc) is 2.95. The molecule has 0 bridgehead atoms. The zero-order chi connectivity index (χ0) is 14.5. The Labute approximate surface area is 120 Å². The quantitative estimate of drug-likeness (QED) is 0.852. The van der Waals surface area contributed by atoms with E-state index in [-0.39, 0.29) is 6.03 Å². The summed E-state index contributed by atoms with van der Waals surface area (Å²) in [6.45, 7) is 0.295. The van der Waals surface area contributed by atoms with Crippen molar-refractivity contribution in [3.63, 3.8) is 0 Å². The van der Waals surface area contributed by atoms with E-state index in [2.05, 4.69) is 10.3 Å². The fourth-order valence-electron chi connectivity index (χ4n) is 1.76. The van der Waals surface area contributed by atoms with Crippen LogP contribution in [0.15, 0.2) is 18.3 Å². The van der Waals surface area contributed by atoms with Crippen molar-refractivity contribution in [2.45, 2.75) is 12.6 Å². The molecule has 1 saturated heterocycles. The summed E-state index contributed by atoms with van der Waals surface area (Å²) in [5, 5.41) is 11.7. The van der Waals surface area contributed by atoms with Crippen LogP contribution < -0.4 is 10.1 Å². The number of methoxy groups -OCH3 is 1. The van der Waals surface area contributed by atoms with Crippen LogP contribution in [0.4, 0.5) is 4.79 Å². The number of carbonyl (C=O) groups is 2. The van der Waals surface area contributed by atoms with Gasteiger partial charge in [-0.2, -0.15) is 0 Å². The second-order valence-electron chi connectivity index (χ2n) is 4.19. The number of pyridine rings is 1. The van der Waals surface area contributed by atoms with E-state index in [0.717, 1.165) is 5.56 Å².